The van der Waals surface area contributed by atoms with E-state index in [-0.39, 0.29) is 32.6 Å². The second-order valence-electron chi connectivity index (χ2n) is 8.79. The first kappa shape index (κ1) is 27.8. The quantitative estimate of drug-likeness (QED) is 0.330. The predicted octanol–water partition coefficient (Wildman–Crippen LogP) is 6.51. The molecule has 0 aliphatic carbocycles. The number of carbonyl (C=O) groups excluding carboxylic acids is 1. The molecule has 9 heteroatoms. The van der Waals surface area contributed by atoms with Crippen LogP contribution < -0.4 is 14.4 Å². The SMILES string of the molecule is COc1cc(C)c(C(C)NC(=O)CN(c2cccc(Cl)c2Cl)S(=O)(=O)c2ccccc2)cc1C(C)C. The van der Waals surface area contributed by atoms with E-state index in [0.29, 0.717) is 0 Å². The van der Waals surface area contributed by atoms with Crippen LogP contribution in [-0.4, -0.2) is 28.0 Å². The van der Waals surface area contributed by atoms with Crippen molar-refractivity contribution in [1.82, 2.24) is 5.32 Å². The molecule has 1 N–H and O–H groups in total. The first-order valence-corrected chi connectivity index (χ1v) is 13.7. The Balaban J connectivity index is 1.95. The Morgan fingerprint density at radius 3 is 2.28 bits per heavy atom. The molecule has 3 aromatic carbocycles. The standard InChI is InChI=1S/C27H30Cl2N2O4S/c1-17(2)21-15-22(18(3)14-25(21)35-5)19(4)30-26(32)16-31(24-13-9-12-23(28)27(24)29)36(33,34)20-10-7-6-8-11-20/h6-15,17,19H,16H2,1-5H3,(H,30,32). The van der Waals surface area contributed by atoms with Crippen LogP contribution >= 0.6 is 23.2 Å². The Morgan fingerprint density at radius 2 is 1.67 bits per heavy atom. The van der Waals surface area contributed by atoms with E-state index in [9.17, 15) is 13.2 Å². The number of halogens is 2. The predicted molar refractivity (Wildman–Crippen MR) is 146 cm³/mol. The Labute approximate surface area is 223 Å². The molecule has 0 aliphatic heterocycles. The Morgan fingerprint density at radius 1 is 1.00 bits per heavy atom. The first-order chi connectivity index (χ1) is 17.0. The van der Waals surface area contributed by atoms with Gasteiger partial charge in [-0.2, -0.15) is 0 Å². The summed E-state index contributed by atoms with van der Waals surface area (Å²) in [6, 6.07) is 16.1. The van der Waals surface area contributed by atoms with Crippen molar-refractivity contribution in [1.29, 1.82) is 0 Å². The van der Waals surface area contributed by atoms with Crippen molar-refractivity contribution in [3.8, 4) is 5.75 Å². The summed E-state index contributed by atoms with van der Waals surface area (Å²) < 4.78 is 33.6. The van der Waals surface area contributed by atoms with E-state index < -0.39 is 22.5 Å². The zero-order valence-electron chi connectivity index (χ0n) is 20.9. The molecular formula is C27H30Cl2N2O4S. The van der Waals surface area contributed by atoms with Gasteiger partial charge in [0, 0.05) is 0 Å². The number of hydrogen-bond donors (Lipinski definition) is 1. The minimum atomic E-state index is -4.11. The maximum Gasteiger partial charge on any atom is 0.264 e. The van der Waals surface area contributed by atoms with Crippen LogP contribution in [0.5, 0.6) is 5.75 Å². The highest BCUT2D eigenvalue weighted by Gasteiger charge is 2.30. The second-order valence-corrected chi connectivity index (χ2v) is 11.4. The smallest absolute Gasteiger partial charge is 0.264 e. The zero-order chi connectivity index (χ0) is 26.6. The van der Waals surface area contributed by atoms with Crippen molar-refractivity contribution < 1.29 is 17.9 Å². The number of ether oxygens (including phenoxy) is 1. The number of hydrogen-bond acceptors (Lipinski definition) is 4. The molecule has 0 heterocycles. The normalized spacial score (nSPS) is 12.3. The maximum absolute atomic E-state index is 13.6. The van der Waals surface area contributed by atoms with Gasteiger partial charge in [0.2, 0.25) is 5.91 Å². The number of sulfonamides is 1. The van der Waals surface area contributed by atoms with Crippen LogP contribution in [0.2, 0.25) is 10.0 Å². The van der Waals surface area contributed by atoms with Gasteiger partial charge in [0.15, 0.2) is 0 Å². The van der Waals surface area contributed by atoms with Crippen molar-refractivity contribution in [2.75, 3.05) is 18.0 Å². The van der Waals surface area contributed by atoms with Gasteiger partial charge in [-0.1, -0.05) is 61.3 Å². The number of nitrogens with one attached hydrogen (secondary N) is 1. The number of carbonyl (C=O) groups is 1. The fourth-order valence-corrected chi connectivity index (χ4v) is 5.91. The van der Waals surface area contributed by atoms with E-state index in [0.717, 1.165) is 26.7 Å². The lowest BCUT2D eigenvalue weighted by Crippen LogP contribution is -2.41. The van der Waals surface area contributed by atoms with E-state index >= 15 is 0 Å². The maximum atomic E-state index is 13.6. The summed E-state index contributed by atoms with van der Waals surface area (Å²) in [5.74, 6) is 0.526. The fraction of sp³-hybridized carbons (Fsp3) is 0.296. The Hall–Kier alpha value is -2.74. The van der Waals surface area contributed by atoms with E-state index in [2.05, 4.69) is 19.2 Å². The molecule has 0 bridgehead atoms. The van der Waals surface area contributed by atoms with E-state index in [4.69, 9.17) is 27.9 Å². The summed E-state index contributed by atoms with van der Waals surface area (Å²) in [6.07, 6.45) is 0. The number of amides is 1. The molecule has 0 aromatic heterocycles. The Bertz CT molecular complexity index is 1350. The third-order valence-electron chi connectivity index (χ3n) is 5.90. The molecule has 0 saturated carbocycles. The van der Waals surface area contributed by atoms with Gasteiger partial charge in [0.25, 0.3) is 10.0 Å². The fourth-order valence-electron chi connectivity index (χ4n) is 4.01. The van der Waals surface area contributed by atoms with Crippen molar-refractivity contribution in [3.05, 3.63) is 87.4 Å². The summed E-state index contributed by atoms with van der Waals surface area (Å²) in [5, 5.41) is 3.17. The van der Waals surface area contributed by atoms with Crippen molar-refractivity contribution in [2.45, 2.75) is 44.6 Å². The molecule has 0 saturated heterocycles. The summed E-state index contributed by atoms with van der Waals surface area (Å²) in [6.45, 7) is 7.47. The lowest BCUT2D eigenvalue weighted by molar-refractivity contribution is -0.120. The van der Waals surface area contributed by atoms with Crippen molar-refractivity contribution in [2.24, 2.45) is 0 Å². The topological polar surface area (TPSA) is 75.7 Å². The van der Waals surface area contributed by atoms with Crippen molar-refractivity contribution in [3.63, 3.8) is 0 Å². The highest BCUT2D eigenvalue weighted by molar-refractivity contribution is 7.92. The van der Waals surface area contributed by atoms with Gasteiger partial charge in [-0.25, -0.2) is 8.42 Å². The van der Waals surface area contributed by atoms with Gasteiger partial charge in [0.1, 0.15) is 12.3 Å². The van der Waals surface area contributed by atoms with Crippen LogP contribution in [-0.2, 0) is 14.8 Å². The first-order valence-electron chi connectivity index (χ1n) is 11.5. The highest BCUT2D eigenvalue weighted by atomic mass is 35.5. The van der Waals surface area contributed by atoms with Gasteiger partial charge in [-0.3, -0.25) is 9.10 Å². The second kappa shape index (κ2) is 11.5. The van der Waals surface area contributed by atoms with Gasteiger partial charge >= 0.3 is 0 Å². The molecular weight excluding hydrogens is 519 g/mol. The van der Waals surface area contributed by atoms with Crippen LogP contribution in [0.3, 0.4) is 0 Å². The Kier molecular flexibility index (Phi) is 8.93. The largest absolute Gasteiger partial charge is 0.496 e. The number of anilines is 1. The minimum Gasteiger partial charge on any atom is -0.496 e. The van der Waals surface area contributed by atoms with Crippen molar-refractivity contribution >= 4 is 44.8 Å². The average Bonchev–Trinajstić information content (AvgIpc) is 2.84. The third kappa shape index (κ3) is 5.97. The monoisotopic (exact) mass is 548 g/mol. The molecule has 36 heavy (non-hydrogen) atoms. The van der Waals surface area contributed by atoms with Gasteiger partial charge < -0.3 is 10.1 Å². The molecule has 6 nitrogen and oxygen atoms in total. The summed E-state index contributed by atoms with van der Waals surface area (Å²) >= 11 is 12.6. The van der Waals surface area contributed by atoms with Crippen LogP contribution in [0.4, 0.5) is 5.69 Å². The number of aryl methyl sites for hydroxylation is 1. The molecule has 3 rings (SSSR count). The average molecular weight is 550 g/mol. The van der Waals surface area contributed by atoms with Crippen LogP contribution in [0.1, 0.15) is 49.4 Å². The van der Waals surface area contributed by atoms with E-state index in [1.807, 2.05) is 26.0 Å². The van der Waals surface area contributed by atoms with Gasteiger partial charge in [0.05, 0.1) is 33.8 Å². The molecule has 192 valence electrons. The number of rotatable bonds is 9. The zero-order valence-corrected chi connectivity index (χ0v) is 23.2. The molecule has 1 amide bonds. The van der Waals surface area contributed by atoms with Crippen LogP contribution in [0.25, 0.3) is 0 Å². The summed E-state index contributed by atoms with van der Waals surface area (Å²) in [7, 11) is -2.48. The molecule has 0 radical (unpaired) electrons. The molecule has 0 aliphatic rings. The number of methoxy groups -OCH3 is 1. The molecule has 1 atom stereocenters. The van der Waals surface area contributed by atoms with E-state index in [1.54, 1.807) is 37.4 Å². The number of nitrogens with zero attached hydrogens (tertiary/aromatic N) is 1. The molecule has 0 fully saturated rings. The minimum absolute atomic E-state index is 0.0365. The number of benzene rings is 3. The van der Waals surface area contributed by atoms with Gasteiger partial charge in [-0.05, 0) is 72.9 Å². The summed E-state index contributed by atoms with van der Waals surface area (Å²) in [4.78, 5) is 13.3. The highest BCUT2D eigenvalue weighted by Crippen LogP contribution is 2.36. The van der Waals surface area contributed by atoms with Crippen LogP contribution in [0, 0.1) is 6.92 Å². The molecule has 3 aromatic rings. The van der Waals surface area contributed by atoms with E-state index in [1.165, 1.54) is 18.2 Å². The lowest BCUT2D eigenvalue weighted by atomic mass is 9.93. The molecule has 1 unspecified atom stereocenters. The van der Waals surface area contributed by atoms with Crippen LogP contribution in [0.15, 0.2) is 65.6 Å². The third-order valence-corrected chi connectivity index (χ3v) is 8.49. The summed E-state index contributed by atoms with van der Waals surface area (Å²) in [5.41, 5.74) is 3.03. The van der Waals surface area contributed by atoms with Gasteiger partial charge in [-0.15, -0.1) is 0 Å². The lowest BCUT2D eigenvalue weighted by Gasteiger charge is -2.26. The molecule has 0 spiro atoms.